The van der Waals surface area contributed by atoms with Gasteiger partial charge in [-0.1, -0.05) is 51.1 Å². The molecule has 7 nitrogen and oxygen atoms in total. The van der Waals surface area contributed by atoms with Gasteiger partial charge < -0.3 is 15.6 Å². The predicted molar refractivity (Wildman–Crippen MR) is 143 cm³/mol. The zero-order chi connectivity index (χ0) is 27.8. The van der Waals surface area contributed by atoms with Crippen LogP contribution in [0.5, 0.6) is 0 Å². The maximum atomic E-state index is 14.0. The number of rotatable bonds is 5. The molecule has 0 aliphatic carbocycles. The quantitative estimate of drug-likeness (QED) is 0.548. The van der Waals surface area contributed by atoms with Crippen LogP contribution in [0.3, 0.4) is 0 Å². The molecule has 2 aromatic carbocycles. The number of nitrogens with two attached hydrogens (primary N) is 1. The molecule has 204 valence electrons. The Morgan fingerprint density at radius 3 is 2.35 bits per heavy atom. The number of amides is 1. The summed E-state index contributed by atoms with van der Waals surface area (Å²) >= 11 is 0. The van der Waals surface area contributed by atoms with Gasteiger partial charge in [0.05, 0.1) is 29.3 Å². The molecular weight excluding hydrogens is 495 g/mol. The number of hydrogen-bond donors (Lipinski definition) is 2. The molecule has 37 heavy (non-hydrogen) atoms. The molecule has 0 radical (unpaired) electrons. The lowest BCUT2D eigenvalue weighted by molar-refractivity contribution is -0.0172. The summed E-state index contributed by atoms with van der Waals surface area (Å²) in [6.45, 7) is 11.5. The normalized spacial score (nSPS) is 21.9. The van der Waals surface area contributed by atoms with Crippen molar-refractivity contribution in [2.24, 2.45) is 5.92 Å². The molecule has 0 spiro atoms. The third-order valence-corrected chi connectivity index (χ3v) is 8.29. The number of sulfone groups is 1. The highest BCUT2D eigenvalue weighted by atomic mass is 32.2. The number of benzene rings is 2. The summed E-state index contributed by atoms with van der Waals surface area (Å²) in [5, 5.41) is 11.4. The van der Waals surface area contributed by atoms with Crippen LogP contribution in [0.2, 0.25) is 0 Å². The third kappa shape index (κ3) is 7.68. The summed E-state index contributed by atoms with van der Waals surface area (Å²) in [6.07, 6.45) is -1.75. The van der Waals surface area contributed by atoms with Crippen LogP contribution in [0.1, 0.15) is 58.2 Å². The molecule has 0 aromatic heterocycles. The first-order chi connectivity index (χ1) is 16.9. The second-order valence-corrected chi connectivity index (χ2v) is 14.2. The van der Waals surface area contributed by atoms with Gasteiger partial charge in [-0.2, -0.15) is 0 Å². The van der Waals surface area contributed by atoms with Gasteiger partial charge in [0.1, 0.15) is 11.4 Å². The Bertz CT molecular complexity index is 1230. The zero-order valence-electron chi connectivity index (χ0n) is 22.5. The minimum Gasteiger partial charge on any atom is -0.444 e. The van der Waals surface area contributed by atoms with Gasteiger partial charge >= 0.3 is 6.09 Å². The first-order valence-corrected chi connectivity index (χ1v) is 14.3. The summed E-state index contributed by atoms with van der Waals surface area (Å²) in [7, 11) is -3.63. The minimum atomic E-state index is -3.63. The van der Waals surface area contributed by atoms with Gasteiger partial charge in [0.25, 0.3) is 0 Å². The van der Waals surface area contributed by atoms with E-state index in [0.29, 0.717) is 5.56 Å². The fourth-order valence-corrected chi connectivity index (χ4v) is 6.59. The van der Waals surface area contributed by atoms with Crippen LogP contribution in [0.4, 0.5) is 14.9 Å². The Morgan fingerprint density at radius 2 is 1.76 bits per heavy atom. The molecule has 9 heteroatoms. The van der Waals surface area contributed by atoms with E-state index in [4.69, 9.17) is 10.5 Å². The number of ether oxygens (including phenoxy) is 1. The molecule has 1 amide bonds. The Labute approximate surface area is 219 Å². The van der Waals surface area contributed by atoms with Crippen LogP contribution < -0.4 is 5.73 Å². The highest BCUT2D eigenvalue weighted by Crippen LogP contribution is 2.30. The highest BCUT2D eigenvalue weighted by Gasteiger charge is 2.44. The number of halogens is 1. The van der Waals surface area contributed by atoms with E-state index in [1.807, 2.05) is 24.3 Å². The van der Waals surface area contributed by atoms with E-state index >= 15 is 0 Å². The van der Waals surface area contributed by atoms with Gasteiger partial charge in [0.2, 0.25) is 0 Å². The SMILES string of the molecule is CC(C)(C)OC(=O)N(Cc1cccc(C(C)(C)C)c1)[C@H]1CS(=O)(=O)C[C@@H](Cc2ccc(N)c(F)c2)[C@@H]1O. The molecule has 2 aromatic rings. The summed E-state index contributed by atoms with van der Waals surface area (Å²) in [4.78, 5) is 14.7. The van der Waals surface area contributed by atoms with E-state index in [0.717, 1.165) is 11.1 Å². The van der Waals surface area contributed by atoms with Crippen LogP contribution in [-0.2, 0) is 33.0 Å². The average Bonchev–Trinajstić information content (AvgIpc) is 2.75. The fraction of sp³-hybridized carbons (Fsp3) is 0.536. The molecule has 3 atom stereocenters. The van der Waals surface area contributed by atoms with Crippen molar-refractivity contribution in [2.75, 3.05) is 17.2 Å². The van der Waals surface area contributed by atoms with Gasteiger partial charge in [0, 0.05) is 12.5 Å². The van der Waals surface area contributed by atoms with Gasteiger partial charge in [0.15, 0.2) is 9.84 Å². The molecule has 3 N–H and O–H groups in total. The van der Waals surface area contributed by atoms with E-state index in [1.54, 1.807) is 26.8 Å². The number of aliphatic hydroxyl groups excluding tert-OH is 1. The lowest BCUT2D eigenvalue weighted by Gasteiger charge is -2.41. The predicted octanol–water partition coefficient (Wildman–Crippen LogP) is 4.46. The fourth-order valence-electron chi connectivity index (χ4n) is 4.59. The maximum Gasteiger partial charge on any atom is 0.410 e. The number of aliphatic hydroxyl groups is 1. The first-order valence-electron chi connectivity index (χ1n) is 12.5. The molecule has 1 aliphatic rings. The van der Waals surface area contributed by atoms with E-state index in [2.05, 4.69) is 20.8 Å². The molecule has 3 rings (SSSR count). The standard InChI is InChI=1S/C28H39FN2O5S/c1-27(2,3)21-9-7-8-19(13-21)15-31(26(33)36-28(4,5)6)24-17-37(34,35)16-20(25(24)32)12-18-10-11-23(30)22(29)14-18/h7-11,13-14,20,24-25,32H,12,15-17,30H2,1-6H3/t20-,24+,25+/m1/s1. The molecule has 0 bridgehead atoms. The van der Waals surface area contributed by atoms with Gasteiger partial charge in [-0.3, -0.25) is 4.90 Å². The van der Waals surface area contributed by atoms with Gasteiger partial charge in [-0.05, 0) is 61.4 Å². The van der Waals surface area contributed by atoms with E-state index in [-0.39, 0.29) is 35.6 Å². The second-order valence-electron chi connectivity index (χ2n) is 12.0. The Morgan fingerprint density at radius 1 is 1.08 bits per heavy atom. The molecule has 1 aliphatic heterocycles. The number of nitrogens with zero attached hydrogens (tertiary/aromatic N) is 1. The van der Waals surface area contributed by atoms with Crippen molar-refractivity contribution in [1.29, 1.82) is 0 Å². The lowest BCUT2D eigenvalue weighted by Crippen LogP contribution is -2.58. The van der Waals surface area contributed by atoms with E-state index < -0.39 is 45.4 Å². The number of anilines is 1. The Balaban J connectivity index is 1.97. The summed E-state index contributed by atoms with van der Waals surface area (Å²) < 4.78 is 45.7. The first kappa shape index (κ1) is 28.9. The highest BCUT2D eigenvalue weighted by molar-refractivity contribution is 7.91. The second kappa shape index (κ2) is 10.6. The minimum absolute atomic E-state index is 0.00738. The number of carbonyl (C=O) groups excluding carboxylic acids is 1. The van der Waals surface area contributed by atoms with Crippen molar-refractivity contribution in [2.45, 2.75) is 77.7 Å². The Hall–Kier alpha value is -2.65. The molecule has 0 saturated carbocycles. The van der Waals surface area contributed by atoms with Crippen molar-refractivity contribution in [3.63, 3.8) is 0 Å². The molecule has 1 fully saturated rings. The van der Waals surface area contributed by atoms with Crippen LogP contribution in [0, 0.1) is 11.7 Å². The summed E-state index contributed by atoms with van der Waals surface area (Å²) in [5.41, 5.74) is 7.00. The van der Waals surface area contributed by atoms with E-state index in [9.17, 15) is 22.7 Å². The molecular formula is C28H39FN2O5S. The van der Waals surface area contributed by atoms with Crippen LogP contribution in [0.15, 0.2) is 42.5 Å². The average molecular weight is 535 g/mol. The van der Waals surface area contributed by atoms with Crippen molar-refractivity contribution in [3.05, 3.63) is 65.0 Å². The maximum absolute atomic E-state index is 14.0. The van der Waals surface area contributed by atoms with Crippen molar-refractivity contribution in [3.8, 4) is 0 Å². The van der Waals surface area contributed by atoms with Crippen molar-refractivity contribution < 1.29 is 27.4 Å². The van der Waals surface area contributed by atoms with Gasteiger partial charge in [-0.25, -0.2) is 17.6 Å². The monoisotopic (exact) mass is 534 g/mol. The molecule has 1 heterocycles. The summed E-state index contributed by atoms with van der Waals surface area (Å²) in [6, 6.07) is 11.0. The van der Waals surface area contributed by atoms with Crippen molar-refractivity contribution in [1.82, 2.24) is 4.90 Å². The van der Waals surface area contributed by atoms with Gasteiger partial charge in [-0.15, -0.1) is 0 Å². The molecule has 0 unspecified atom stereocenters. The van der Waals surface area contributed by atoms with Crippen LogP contribution in [-0.4, -0.2) is 53.8 Å². The zero-order valence-corrected chi connectivity index (χ0v) is 23.3. The number of nitrogen functional groups attached to an aromatic ring is 1. The molecule has 1 saturated heterocycles. The largest absolute Gasteiger partial charge is 0.444 e. The number of hydrogen-bond acceptors (Lipinski definition) is 6. The Kier molecular flexibility index (Phi) is 8.29. The smallest absolute Gasteiger partial charge is 0.410 e. The van der Waals surface area contributed by atoms with Crippen LogP contribution >= 0.6 is 0 Å². The topological polar surface area (TPSA) is 110 Å². The van der Waals surface area contributed by atoms with Crippen molar-refractivity contribution >= 4 is 21.6 Å². The lowest BCUT2D eigenvalue weighted by atomic mass is 9.86. The van der Waals surface area contributed by atoms with Crippen LogP contribution in [0.25, 0.3) is 0 Å². The van der Waals surface area contributed by atoms with E-state index in [1.165, 1.54) is 17.0 Å². The number of carbonyl (C=O) groups is 1. The summed E-state index contributed by atoms with van der Waals surface area (Å²) in [5.74, 6) is -1.99. The third-order valence-electron chi connectivity index (χ3n) is 6.51.